The summed E-state index contributed by atoms with van der Waals surface area (Å²) in [4.78, 5) is 36.7. The van der Waals surface area contributed by atoms with Crippen molar-refractivity contribution in [2.75, 3.05) is 11.1 Å². The Morgan fingerprint density at radius 3 is 2.51 bits per heavy atom. The third kappa shape index (κ3) is 7.70. The molecule has 1 atom stereocenters. The lowest BCUT2D eigenvalue weighted by molar-refractivity contribution is -0.113. The van der Waals surface area contributed by atoms with Gasteiger partial charge < -0.3 is 20.3 Å². The fraction of sp³-hybridized carbons (Fsp3) is 0.320. The molecule has 0 saturated heterocycles. The Morgan fingerprint density at radius 2 is 1.86 bits per heavy atom. The third-order valence-corrected chi connectivity index (χ3v) is 6.80. The highest BCUT2D eigenvalue weighted by atomic mass is 35.5. The van der Waals surface area contributed by atoms with E-state index in [0.29, 0.717) is 40.2 Å². The average molecular weight is 564 g/mol. The zero-order valence-corrected chi connectivity index (χ0v) is 22.8. The number of benzene rings is 2. The molecule has 1 heterocycles. The number of aromatic nitrogens is 3. The standard InChI is InChI=1S/C25H27Cl2N5O4S/c1-4-32-22(20(10-14(2)3)29-23(34)18-9-8-16(26)12-19(18)27)30-31-25(32)37-13-21(33)28-17-7-5-6-15(11-17)24(35)36/h5-9,11-12,14,20H,4,10,13H2,1-3H3,(H,28,33)(H,29,34)(H,35,36)/t20-/m1/s1. The van der Waals surface area contributed by atoms with E-state index in [9.17, 15) is 14.4 Å². The summed E-state index contributed by atoms with van der Waals surface area (Å²) in [7, 11) is 0. The molecular formula is C25H27Cl2N5O4S. The molecule has 3 N–H and O–H groups in total. The molecule has 0 unspecified atom stereocenters. The van der Waals surface area contributed by atoms with Crippen LogP contribution >= 0.6 is 35.0 Å². The van der Waals surface area contributed by atoms with Crippen LogP contribution in [-0.4, -0.2) is 43.4 Å². The van der Waals surface area contributed by atoms with E-state index in [4.69, 9.17) is 28.3 Å². The van der Waals surface area contributed by atoms with E-state index in [1.807, 2.05) is 25.3 Å². The minimum Gasteiger partial charge on any atom is -0.478 e. The Kier molecular flexibility index (Phi) is 9.96. The Bertz CT molecular complexity index is 1300. The Morgan fingerprint density at radius 1 is 1.11 bits per heavy atom. The first-order valence-corrected chi connectivity index (χ1v) is 13.3. The van der Waals surface area contributed by atoms with E-state index < -0.39 is 12.0 Å². The molecule has 0 aliphatic rings. The normalized spacial score (nSPS) is 11.8. The van der Waals surface area contributed by atoms with Crippen LogP contribution in [0.1, 0.15) is 59.8 Å². The number of carboxylic acid groups (broad SMARTS) is 1. The predicted molar refractivity (Wildman–Crippen MR) is 145 cm³/mol. The number of carboxylic acids is 1. The molecule has 3 rings (SSSR count). The summed E-state index contributed by atoms with van der Waals surface area (Å²) in [5.74, 6) is -0.880. The Hall–Kier alpha value is -3.08. The molecular weight excluding hydrogens is 537 g/mol. The number of nitrogens with zero attached hydrogens (tertiary/aromatic N) is 3. The van der Waals surface area contributed by atoms with Gasteiger partial charge in [-0.05, 0) is 55.7 Å². The van der Waals surface area contributed by atoms with Gasteiger partial charge in [-0.25, -0.2) is 4.79 Å². The molecule has 0 radical (unpaired) electrons. The number of halogens is 2. The van der Waals surface area contributed by atoms with Crippen molar-refractivity contribution in [1.29, 1.82) is 0 Å². The van der Waals surface area contributed by atoms with Crippen LogP contribution in [0, 0.1) is 5.92 Å². The SMILES string of the molecule is CCn1c(SCC(=O)Nc2cccc(C(=O)O)c2)nnc1[C@@H](CC(C)C)NC(=O)c1ccc(Cl)cc1Cl. The Balaban J connectivity index is 1.74. The van der Waals surface area contributed by atoms with Crippen LogP contribution in [0.3, 0.4) is 0 Å². The molecule has 9 nitrogen and oxygen atoms in total. The van der Waals surface area contributed by atoms with Crippen LogP contribution < -0.4 is 10.6 Å². The molecule has 0 saturated carbocycles. The molecule has 0 aliphatic carbocycles. The maximum absolute atomic E-state index is 13.0. The van der Waals surface area contributed by atoms with Crippen LogP contribution in [0.4, 0.5) is 5.69 Å². The van der Waals surface area contributed by atoms with Gasteiger partial charge in [-0.15, -0.1) is 10.2 Å². The van der Waals surface area contributed by atoms with Crippen molar-refractivity contribution in [3.8, 4) is 0 Å². The number of carbonyl (C=O) groups excluding carboxylic acids is 2. The van der Waals surface area contributed by atoms with Gasteiger partial charge in [0.05, 0.1) is 27.9 Å². The minimum absolute atomic E-state index is 0.0387. The molecule has 0 aliphatic heterocycles. The van der Waals surface area contributed by atoms with Gasteiger partial charge >= 0.3 is 5.97 Å². The number of aromatic carboxylic acids is 1. The average Bonchev–Trinajstić information content (AvgIpc) is 3.25. The zero-order chi connectivity index (χ0) is 27.1. The first-order valence-electron chi connectivity index (χ1n) is 11.5. The lowest BCUT2D eigenvalue weighted by Crippen LogP contribution is -2.32. The number of nitrogens with one attached hydrogen (secondary N) is 2. The molecule has 0 spiro atoms. The molecule has 3 aromatic rings. The van der Waals surface area contributed by atoms with Crippen LogP contribution in [0.2, 0.25) is 10.0 Å². The van der Waals surface area contributed by atoms with Crippen molar-refractivity contribution in [3.63, 3.8) is 0 Å². The molecule has 0 fully saturated rings. The first-order chi connectivity index (χ1) is 17.6. The maximum atomic E-state index is 13.0. The molecule has 2 aromatic carbocycles. The van der Waals surface area contributed by atoms with Gasteiger partial charge in [0, 0.05) is 17.3 Å². The van der Waals surface area contributed by atoms with E-state index in [1.165, 1.54) is 30.0 Å². The summed E-state index contributed by atoms with van der Waals surface area (Å²) in [5, 5.41) is 24.7. The van der Waals surface area contributed by atoms with Gasteiger partial charge in [0.15, 0.2) is 11.0 Å². The molecule has 12 heteroatoms. The summed E-state index contributed by atoms with van der Waals surface area (Å²) in [6.45, 7) is 6.54. The van der Waals surface area contributed by atoms with Gasteiger partial charge in [0.1, 0.15) is 0 Å². The number of thioether (sulfide) groups is 1. The lowest BCUT2D eigenvalue weighted by atomic mass is 10.0. The van der Waals surface area contributed by atoms with Crippen molar-refractivity contribution in [1.82, 2.24) is 20.1 Å². The Labute approximate surface area is 228 Å². The van der Waals surface area contributed by atoms with E-state index in [2.05, 4.69) is 20.8 Å². The number of carbonyl (C=O) groups is 3. The van der Waals surface area contributed by atoms with E-state index in [-0.39, 0.29) is 34.1 Å². The number of hydrogen-bond donors (Lipinski definition) is 3. The molecule has 0 bridgehead atoms. The lowest BCUT2D eigenvalue weighted by Gasteiger charge is -2.21. The van der Waals surface area contributed by atoms with Gasteiger partial charge in [-0.1, -0.05) is 54.9 Å². The van der Waals surface area contributed by atoms with Crippen LogP contribution in [0.15, 0.2) is 47.6 Å². The highest BCUT2D eigenvalue weighted by molar-refractivity contribution is 7.99. The fourth-order valence-electron chi connectivity index (χ4n) is 3.63. The van der Waals surface area contributed by atoms with Crippen molar-refractivity contribution in [2.45, 2.75) is 44.9 Å². The van der Waals surface area contributed by atoms with E-state index in [1.54, 1.807) is 24.3 Å². The zero-order valence-electron chi connectivity index (χ0n) is 20.5. The molecule has 196 valence electrons. The molecule has 1 aromatic heterocycles. The highest BCUT2D eigenvalue weighted by Gasteiger charge is 2.25. The minimum atomic E-state index is -1.07. The van der Waals surface area contributed by atoms with Gasteiger partial charge in [0.25, 0.3) is 5.91 Å². The van der Waals surface area contributed by atoms with E-state index in [0.717, 1.165) is 0 Å². The fourth-order valence-corrected chi connectivity index (χ4v) is 4.93. The predicted octanol–water partition coefficient (Wildman–Crippen LogP) is 5.55. The monoisotopic (exact) mass is 563 g/mol. The van der Waals surface area contributed by atoms with Gasteiger partial charge in [0.2, 0.25) is 5.91 Å². The number of anilines is 1. The quantitative estimate of drug-likeness (QED) is 0.261. The van der Waals surface area contributed by atoms with Crippen LogP contribution in [0.25, 0.3) is 0 Å². The summed E-state index contributed by atoms with van der Waals surface area (Å²) in [6, 6.07) is 10.3. The summed E-state index contributed by atoms with van der Waals surface area (Å²) < 4.78 is 1.86. The second-order valence-corrected chi connectivity index (χ2v) is 10.4. The molecule has 2 amide bonds. The largest absolute Gasteiger partial charge is 0.478 e. The number of rotatable bonds is 11. The van der Waals surface area contributed by atoms with E-state index >= 15 is 0 Å². The molecule has 37 heavy (non-hydrogen) atoms. The summed E-state index contributed by atoms with van der Waals surface area (Å²) >= 11 is 13.4. The van der Waals surface area contributed by atoms with Crippen molar-refractivity contribution in [3.05, 3.63) is 69.5 Å². The van der Waals surface area contributed by atoms with Gasteiger partial charge in [-0.3, -0.25) is 9.59 Å². The van der Waals surface area contributed by atoms with Crippen molar-refractivity contribution < 1.29 is 19.5 Å². The second kappa shape index (κ2) is 12.9. The summed E-state index contributed by atoms with van der Waals surface area (Å²) in [5.41, 5.74) is 0.781. The van der Waals surface area contributed by atoms with Gasteiger partial charge in [-0.2, -0.15) is 0 Å². The van der Waals surface area contributed by atoms with Crippen molar-refractivity contribution in [2.24, 2.45) is 5.92 Å². The highest BCUT2D eigenvalue weighted by Crippen LogP contribution is 2.27. The smallest absolute Gasteiger partial charge is 0.335 e. The summed E-state index contributed by atoms with van der Waals surface area (Å²) in [6.07, 6.45) is 0.611. The van der Waals surface area contributed by atoms with Crippen LogP contribution in [-0.2, 0) is 11.3 Å². The third-order valence-electron chi connectivity index (χ3n) is 5.29. The first kappa shape index (κ1) is 28.5. The number of hydrogen-bond acceptors (Lipinski definition) is 6. The van der Waals surface area contributed by atoms with Crippen LogP contribution in [0.5, 0.6) is 0 Å². The van der Waals surface area contributed by atoms with Crippen molar-refractivity contribution >= 4 is 58.4 Å². The second-order valence-electron chi connectivity index (χ2n) is 8.59. The topological polar surface area (TPSA) is 126 Å². The number of amides is 2. The maximum Gasteiger partial charge on any atom is 0.335 e.